The molecule has 10 heteroatoms. The van der Waals surface area contributed by atoms with Crippen molar-refractivity contribution < 1.29 is 24.4 Å². The molecule has 0 aliphatic carbocycles. The lowest BCUT2D eigenvalue weighted by molar-refractivity contribution is -0.384. The number of nitrogens with zero attached hydrogens (tertiary/aromatic N) is 4. The van der Waals surface area contributed by atoms with E-state index in [-0.39, 0.29) is 29.2 Å². The summed E-state index contributed by atoms with van der Waals surface area (Å²) in [6.45, 7) is 0.175. The zero-order valence-electron chi connectivity index (χ0n) is 19.1. The number of nitro benzene ring substituents is 1. The standard InChI is InChI=1S/C27H18N4O6/c32-24-11-10-21(31(35)36)12-22(24)26(33)20-14-28-25-13-23(29-30(25)15-20)18-6-8-19(9-7-18)27(34)37-16-17-4-2-1-3-5-17/h1-15,32H,16H2. The van der Waals surface area contributed by atoms with Crippen LogP contribution in [0.3, 0.4) is 0 Å². The molecule has 0 saturated carbocycles. The van der Waals surface area contributed by atoms with Gasteiger partial charge >= 0.3 is 5.97 Å². The van der Waals surface area contributed by atoms with Gasteiger partial charge in [-0.25, -0.2) is 14.3 Å². The van der Waals surface area contributed by atoms with Gasteiger partial charge in [0.05, 0.1) is 27.3 Å². The molecule has 0 saturated heterocycles. The predicted molar refractivity (Wildman–Crippen MR) is 132 cm³/mol. The Balaban J connectivity index is 1.35. The lowest BCUT2D eigenvalue weighted by Crippen LogP contribution is -2.06. The smallest absolute Gasteiger partial charge is 0.338 e. The van der Waals surface area contributed by atoms with Gasteiger partial charge in [-0.1, -0.05) is 42.5 Å². The molecule has 182 valence electrons. The maximum atomic E-state index is 12.9. The summed E-state index contributed by atoms with van der Waals surface area (Å²) in [5, 5.41) is 25.5. The molecule has 0 fully saturated rings. The molecular weight excluding hydrogens is 476 g/mol. The number of fused-ring (bicyclic) bond motifs is 1. The van der Waals surface area contributed by atoms with E-state index in [0.29, 0.717) is 22.5 Å². The van der Waals surface area contributed by atoms with Crippen LogP contribution in [0.2, 0.25) is 0 Å². The number of phenolic OH excluding ortho intramolecular Hbond substituents is 1. The molecular formula is C27H18N4O6. The lowest BCUT2D eigenvalue weighted by atomic mass is 10.0. The highest BCUT2D eigenvalue weighted by Gasteiger charge is 2.19. The van der Waals surface area contributed by atoms with Gasteiger partial charge in [0.2, 0.25) is 0 Å². The SMILES string of the molecule is O=C(OCc1ccccc1)c1ccc(-c2cc3ncc(C(=O)c4cc([N+](=O)[O-])ccc4O)cn3n2)cc1. The van der Waals surface area contributed by atoms with E-state index in [1.807, 2.05) is 30.3 Å². The number of ether oxygens (including phenoxy) is 1. The third-order valence-corrected chi connectivity index (χ3v) is 5.64. The first kappa shape index (κ1) is 23.4. The van der Waals surface area contributed by atoms with Gasteiger partial charge in [0.25, 0.3) is 5.69 Å². The number of ketones is 1. The highest BCUT2D eigenvalue weighted by Crippen LogP contribution is 2.26. The van der Waals surface area contributed by atoms with E-state index < -0.39 is 16.7 Å². The number of hydrogen-bond donors (Lipinski definition) is 1. The van der Waals surface area contributed by atoms with Crippen molar-refractivity contribution in [3.63, 3.8) is 0 Å². The molecule has 5 rings (SSSR count). The molecule has 0 aliphatic heterocycles. The maximum absolute atomic E-state index is 12.9. The Labute approximate surface area is 209 Å². The van der Waals surface area contributed by atoms with Gasteiger partial charge in [0.1, 0.15) is 12.4 Å². The first-order valence-electron chi connectivity index (χ1n) is 11.1. The molecule has 0 atom stereocenters. The molecule has 2 aromatic heterocycles. The number of carbonyl (C=O) groups excluding carboxylic acids is 2. The lowest BCUT2D eigenvalue weighted by Gasteiger charge is -2.05. The van der Waals surface area contributed by atoms with Crippen molar-refractivity contribution >= 4 is 23.1 Å². The molecule has 1 N–H and O–H groups in total. The quantitative estimate of drug-likeness (QED) is 0.150. The zero-order chi connectivity index (χ0) is 25.9. The molecule has 2 heterocycles. The minimum absolute atomic E-state index is 0.0921. The minimum Gasteiger partial charge on any atom is -0.507 e. The number of benzene rings is 3. The van der Waals surface area contributed by atoms with E-state index in [1.165, 1.54) is 16.9 Å². The molecule has 3 aromatic carbocycles. The first-order chi connectivity index (χ1) is 17.9. The summed E-state index contributed by atoms with van der Waals surface area (Å²) in [5.41, 5.74) is 2.58. The van der Waals surface area contributed by atoms with Crippen LogP contribution in [0.4, 0.5) is 5.69 Å². The number of rotatable bonds is 7. The number of nitro groups is 1. The van der Waals surface area contributed by atoms with Crippen molar-refractivity contribution in [3.05, 3.63) is 124 Å². The Morgan fingerprint density at radius 3 is 2.46 bits per heavy atom. The molecule has 0 aliphatic rings. The number of hydrogen-bond acceptors (Lipinski definition) is 8. The van der Waals surface area contributed by atoms with Gasteiger partial charge in [-0.3, -0.25) is 14.9 Å². The Morgan fingerprint density at radius 2 is 1.73 bits per heavy atom. The summed E-state index contributed by atoms with van der Waals surface area (Å²) in [6.07, 6.45) is 2.75. The van der Waals surface area contributed by atoms with Gasteiger partial charge in [0, 0.05) is 36.2 Å². The van der Waals surface area contributed by atoms with Crippen LogP contribution in [-0.4, -0.2) is 36.4 Å². The fraction of sp³-hybridized carbons (Fsp3) is 0.0370. The van der Waals surface area contributed by atoms with E-state index >= 15 is 0 Å². The van der Waals surface area contributed by atoms with E-state index in [1.54, 1.807) is 30.3 Å². The number of phenols is 1. The van der Waals surface area contributed by atoms with E-state index in [9.17, 15) is 24.8 Å². The second-order valence-corrected chi connectivity index (χ2v) is 8.10. The molecule has 37 heavy (non-hydrogen) atoms. The van der Waals surface area contributed by atoms with Crippen LogP contribution in [0.25, 0.3) is 16.9 Å². The number of aromatic nitrogens is 3. The summed E-state index contributed by atoms with van der Waals surface area (Å²) in [4.78, 5) is 39.9. The summed E-state index contributed by atoms with van der Waals surface area (Å²) >= 11 is 0. The highest BCUT2D eigenvalue weighted by atomic mass is 16.6. The maximum Gasteiger partial charge on any atom is 0.338 e. The molecule has 5 aromatic rings. The largest absolute Gasteiger partial charge is 0.507 e. The Bertz CT molecular complexity index is 1650. The fourth-order valence-corrected chi connectivity index (χ4v) is 3.69. The first-order valence-corrected chi connectivity index (χ1v) is 11.1. The number of carbonyl (C=O) groups is 2. The Kier molecular flexibility index (Phi) is 6.13. The molecule has 0 spiro atoms. The summed E-state index contributed by atoms with van der Waals surface area (Å²) < 4.78 is 6.75. The monoisotopic (exact) mass is 494 g/mol. The van der Waals surface area contributed by atoms with Crippen LogP contribution >= 0.6 is 0 Å². The predicted octanol–water partition coefficient (Wildman–Crippen LogP) is 4.60. The van der Waals surface area contributed by atoms with Crippen LogP contribution < -0.4 is 0 Å². The van der Waals surface area contributed by atoms with Crippen molar-refractivity contribution in [1.82, 2.24) is 14.6 Å². The van der Waals surface area contributed by atoms with Gasteiger partial charge < -0.3 is 9.84 Å². The average molecular weight is 494 g/mol. The number of aromatic hydroxyl groups is 1. The summed E-state index contributed by atoms with van der Waals surface area (Å²) in [6, 6.07) is 21.1. The van der Waals surface area contributed by atoms with E-state index in [2.05, 4.69) is 10.1 Å². The zero-order valence-corrected chi connectivity index (χ0v) is 19.1. The molecule has 10 nitrogen and oxygen atoms in total. The number of esters is 1. The van der Waals surface area contributed by atoms with E-state index in [0.717, 1.165) is 23.8 Å². The normalized spacial score (nSPS) is 10.8. The minimum atomic E-state index is -0.647. The molecule has 0 radical (unpaired) electrons. The van der Waals surface area contributed by atoms with Crippen molar-refractivity contribution in [2.75, 3.05) is 0 Å². The van der Waals surface area contributed by atoms with Gasteiger partial charge in [0.15, 0.2) is 11.4 Å². The molecule has 0 bridgehead atoms. The summed E-state index contributed by atoms with van der Waals surface area (Å²) in [5.74, 6) is -1.45. The van der Waals surface area contributed by atoms with Crippen molar-refractivity contribution in [1.29, 1.82) is 0 Å². The topological polar surface area (TPSA) is 137 Å². The van der Waals surface area contributed by atoms with Gasteiger partial charge in [-0.15, -0.1) is 0 Å². The van der Waals surface area contributed by atoms with Crippen LogP contribution in [0.5, 0.6) is 5.75 Å². The van der Waals surface area contributed by atoms with Crippen molar-refractivity contribution in [2.24, 2.45) is 0 Å². The second-order valence-electron chi connectivity index (χ2n) is 8.10. The van der Waals surface area contributed by atoms with Crippen LogP contribution in [0.15, 0.2) is 91.3 Å². The van der Waals surface area contributed by atoms with Crippen LogP contribution in [0.1, 0.15) is 31.8 Å². The fourth-order valence-electron chi connectivity index (χ4n) is 3.69. The van der Waals surface area contributed by atoms with Gasteiger partial charge in [-0.05, 0) is 23.8 Å². The Hall–Kier alpha value is -5.38. The van der Waals surface area contributed by atoms with Crippen molar-refractivity contribution in [2.45, 2.75) is 6.61 Å². The van der Waals surface area contributed by atoms with Gasteiger partial charge in [-0.2, -0.15) is 5.10 Å². The van der Waals surface area contributed by atoms with Crippen LogP contribution in [-0.2, 0) is 11.3 Å². The van der Waals surface area contributed by atoms with E-state index in [4.69, 9.17) is 4.74 Å². The highest BCUT2D eigenvalue weighted by molar-refractivity contribution is 6.10. The number of non-ortho nitro benzene ring substituents is 1. The van der Waals surface area contributed by atoms with Crippen LogP contribution in [0, 0.1) is 10.1 Å². The Morgan fingerprint density at radius 1 is 0.973 bits per heavy atom. The summed E-state index contributed by atoms with van der Waals surface area (Å²) in [7, 11) is 0. The third-order valence-electron chi connectivity index (χ3n) is 5.64. The third kappa shape index (κ3) is 4.89. The average Bonchev–Trinajstić information content (AvgIpc) is 3.36. The molecule has 0 amide bonds. The van der Waals surface area contributed by atoms with Crippen molar-refractivity contribution in [3.8, 4) is 17.0 Å². The molecule has 0 unspecified atom stereocenters. The second kappa shape index (κ2) is 9.70.